The van der Waals surface area contributed by atoms with Gasteiger partial charge in [-0.05, 0) is 74.4 Å². The summed E-state index contributed by atoms with van der Waals surface area (Å²) in [5.74, 6) is 1.75. The van der Waals surface area contributed by atoms with Crippen LogP contribution in [-0.4, -0.2) is 111 Å². The molecule has 4 aliphatic heterocycles. The Labute approximate surface area is 297 Å². The molecule has 0 bridgehead atoms. The molecule has 0 radical (unpaired) electrons. The van der Waals surface area contributed by atoms with E-state index < -0.39 is 11.9 Å². The third kappa shape index (κ3) is 6.64. The molecule has 8 rings (SSSR count). The maximum absolute atomic E-state index is 11.7. The molecular weight excluding hydrogens is 648 g/mol. The van der Waals surface area contributed by atoms with Crippen molar-refractivity contribution < 1.29 is 19.5 Å². The smallest absolute Gasteiger partial charge is 0.314 e. The largest absolute Gasteiger partial charge is 0.507 e. The zero-order valence-corrected chi connectivity index (χ0v) is 29.2. The third-order valence-electron chi connectivity index (χ3n) is 11.3. The van der Waals surface area contributed by atoms with Gasteiger partial charge in [0.05, 0.1) is 17.4 Å². The van der Waals surface area contributed by atoms with Gasteiger partial charge < -0.3 is 39.7 Å². The van der Waals surface area contributed by atoms with E-state index in [-0.39, 0.29) is 17.7 Å². The Bertz CT molecular complexity index is 1840. The van der Waals surface area contributed by atoms with Crippen LogP contribution in [0.4, 0.5) is 23.3 Å². The molecule has 3 N–H and O–H groups in total. The second-order valence-corrected chi connectivity index (χ2v) is 14.6. The van der Waals surface area contributed by atoms with Gasteiger partial charge in [-0.1, -0.05) is 31.1 Å². The number of hydrogen-bond acceptors (Lipinski definition) is 13. The number of likely N-dealkylation sites (tertiary alicyclic amines) is 1. The van der Waals surface area contributed by atoms with Crippen LogP contribution in [0.1, 0.15) is 62.7 Å². The molecule has 3 fully saturated rings. The SMILES string of the molecule is CC(C)C(C(=O)O)c1cc(N2CCC(N3CCC(c4cnc(N5CCN6c7cc(-c8ccccc8O)nnc7NC[C@H]6C5)nc4)CC3)CC2)no1. The Kier molecular flexibility index (Phi) is 9.09. The molecule has 3 aromatic heterocycles. The molecule has 0 amide bonds. The van der Waals surface area contributed by atoms with Gasteiger partial charge in [-0.2, -0.15) is 0 Å². The summed E-state index contributed by atoms with van der Waals surface area (Å²) < 4.78 is 5.48. The van der Waals surface area contributed by atoms with E-state index in [0.29, 0.717) is 29.0 Å². The fourth-order valence-corrected chi connectivity index (χ4v) is 8.37. The Hall–Kier alpha value is -4.98. The van der Waals surface area contributed by atoms with Crippen molar-refractivity contribution in [2.75, 3.05) is 72.4 Å². The van der Waals surface area contributed by atoms with Gasteiger partial charge in [-0.3, -0.25) is 4.79 Å². The third-order valence-corrected chi connectivity index (χ3v) is 11.3. The van der Waals surface area contributed by atoms with Crippen molar-refractivity contribution in [2.24, 2.45) is 5.92 Å². The predicted molar refractivity (Wildman–Crippen MR) is 194 cm³/mol. The molecule has 0 saturated carbocycles. The molecule has 51 heavy (non-hydrogen) atoms. The van der Waals surface area contributed by atoms with Crippen LogP contribution in [0, 0.1) is 5.92 Å². The maximum Gasteiger partial charge on any atom is 0.314 e. The standard InChI is InChI=1S/C37H46N10O4/c1-23(2)34(36(49)50)32-18-33(43-51-32)45-13-9-26(10-14-45)44-11-7-24(8-12-44)25-19-39-37(40-20-25)46-15-16-47-27(22-46)21-38-35-30(47)17-29(41-42-35)28-5-3-4-6-31(28)48/h3-6,17-20,23-24,26-27,34,48H,7-16,21-22H2,1-2H3,(H,38,42)(H,49,50)/t27-,34?/m0/s1. The quantitative estimate of drug-likeness (QED) is 0.238. The highest BCUT2D eigenvalue weighted by atomic mass is 16.5. The van der Waals surface area contributed by atoms with E-state index in [9.17, 15) is 15.0 Å². The van der Waals surface area contributed by atoms with Crippen molar-refractivity contribution in [3.05, 3.63) is 60.1 Å². The van der Waals surface area contributed by atoms with E-state index in [1.807, 2.05) is 50.5 Å². The monoisotopic (exact) mass is 694 g/mol. The average molecular weight is 695 g/mol. The van der Waals surface area contributed by atoms with Crippen molar-refractivity contribution in [3.63, 3.8) is 0 Å². The van der Waals surface area contributed by atoms with Crippen LogP contribution in [0.15, 0.2) is 53.3 Å². The first-order chi connectivity index (χ1) is 24.8. The zero-order valence-electron chi connectivity index (χ0n) is 29.2. The lowest BCUT2D eigenvalue weighted by molar-refractivity contribution is -0.140. The zero-order chi connectivity index (χ0) is 35.1. The molecule has 268 valence electrons. The minimum absolute atomic E-state index is 0.0686. The van der Waals surface area contributed by atoms with Gasteiger partial charge in [-0.15, -0.1) is 10.2 Å². The molecule has 14 heteroatoms. The molecule has 1 unspecified atom stereocenters. The highest BCUT2D eigenvalue weighted by Gasteiger charge is 2.35. The number of phenolic OH excluding ortho intramolecular Hbond substituents is 1. The van der Waals surface area contributed by atoms with Crippen molar-refractivity contribution in [1.29, 1.82) is 0 Å². The number of carboxylic acids is 1. The van der Waals surface area contributed by atoms with Crippen LogP contribution in [0.5, 0.6) is 5.75 Å². The van der Waals surface area contributed by atoms with E-state index in [2.05, 4.69) is 40.3 Å². The summed E-state index contributed by atoms with van der Waals surface area (Å²) in [5.41, 5.74) is 3.56. The first-order valence-electron chi connectivity index (χ1n) is 18.2. The summed E-state index contributed by atoms with van der Waals surface area (Å²) >= 11 is 0. The van der Waals surface area contributed by atoms with Crippen LogP contribution in [0.2, 0.25) is 0 Å². The van der Waals surface area contributed by atoms with Gasteiger partial charge in [0.15, 0.2) is 17.4 Å². The normalized spacial score (nSPS) is 20.9. The number of piperidine rings is 2. The Morgan fingerprint density at radius 3 is 2.41 bits per heavy atom. The number of rotatable bonds is 8. The number of phenols is 1. The van der Waals surface area contributed by atoms with E-state index in [4.69, 9.17) is 14.5 Å². The number of benzene rings is 1. The number of aromatic nitrogens is 5. The van der Waals surface area contributed by atoms with Gasteiger partial charge in [0, 0.05) is 69.3 Å². The average Bonchev–Trinajstić information content (AvgIpc) is 3.64. The Morgan fingerprint density at radius 1 is 0.922 bits per heavy atom. The fourth-order valence-electron chi connectivity index (χ4n) is 8.37. The number of fused-ring (bicyclic) bond motifs is 3. The van der Waals surface area contributed by atoms with Gasteiger partial charge >= 0.3 is 5.97 Å². The van der Waals surface area contributed by atoms with E-state index >= 15 is 0 Å². The molecule has 0 aliphatic carbocycles. The number of carbonyl (C=O) groups is 1. The second kappa shape index (κ2) is 14.0. The first kappa shape index (κ1) is 33.2. The lowest BCUT2D eigenvalue weighted by Gasteiger charge is -2.45. The molecule has 2 atom stereocenters. The predicted octanol–water partition coefficient (Wildman–Crippen LogP) is 4.42. The number of nitrogens with zero attached hydrogens (tertiary/aromatic N) is 9. The van der Waals surface area contributed by atoms with Crippen molar-refractivity contribution in [2.45, 2.75) is 63.5 Å². The number of aliphatic carboxylic acids is 1. The topological polar surface area (TPSA) is 160 Å². The number of nitrogens with one attached hydrogen (secondary N) is 1. The molecule has 7 heterocycles. The lowest BCUT2D eigenvalue weighted by atomic mass is 9.89. The number of carboxylic acid groups (broad SMARTS) is 1. The molecule has 1 aromatic carbocycles. The lowest BCUT2D eigenvalue weighted by Crippen LogP contribution is -2.58. The second-order valence-electron chi connectivity index (χ2n) is 14.6. The van der Waals surface area contributed by atoms with E-state index in [1.54, 1.807) is 12.1 Å². The molecule has 3 saturated heterocycles. The van der Waals surface area contributed by atoms with Crippen LogP contribution in [0.25, 0.3) is 11.3 Å². The van der Waals surface area contributed by atoms with Gasteiger partial charge in [0.25, 0.3) is 0 Å². The van der Waals surface area contributed by atoms with Gasteiger partial charge in [0.1, 0.15) is 11.7 Å². The summed E-state index contributed by atoms with van der Waals surface area (Å²) in [7, 11) is 0. The highest BCUT2D eigenvalue weighted by Crippen LogP contribution is 2.37. The minimum Gasteiger partial charge on any atom is -0.507 e. The summed E-state index contributed by atoms with van der Waals surface area (Å²) in [6, 6.07) is 11.8. The Morgan fingerprint density at radius 2 is 1.69 bits per heavy atom. The molecule has 14 nitrogen and oxygen atoms in total. The van der Waals surface area contributed by atoms with Crippen LogP contribution >= 0.6 is 0 Å². The number of piperazine rings is 1. The number of hydrogen-bond donors (Lipinski definition) is 3. The summed E-state index contributed by atoms with van der Waals surface area (Å²) in [4.78, 5) is 31.0. The molecule has 0 spiro atoms. The fraction of sp³-hybridized carbons (Fsp3) is 0.514. The van der Waals surface area contributed by atoms with Crippen LogP contribution < -0.4 is 20.0 Å². The van der Waals surface area contributed by atoms with Crippen molar-refractivity contribution >= 4 is 29.2 Å². The minimum atomic E-state index is -0.877. The molecular formula is C37H46N10O4. The van der Waals surface area contributed by atoms with Gasteiger partial charge in [0.2, 0.25) is 5.95 Å². The highest BCUT2D eigenvalue weighted by molar-refractivity contribution is 5.77. The van der Waals surface area contributed by atoms with E-state index in [0.717, 1.165) is 101 Å². The summed E-state index contributed by atoms with van der Waals surface area (Å²) in [6.07, 6.45) is 8.38. The van der Waals surface area contributed by atoms with Crippen molar-refractivity contribution in [3.8, 4) is 17.0 Å². The van der Waals surface area contributed by atoms with Crippen molar-refractivity contribution in [1.82, 2.24) is 30.2 Å². The summed E-state index contributed by atoms with van der Waals surface area (Å²) in [5, 5.41) is 36.5. The maximum atomic E-state index is 11.7. The molecule has 4 aliphatic rings. The molecule has 4 aromatic rings. The number of para-hydroxylation sites is 1. The van der Waals surface area contributed by atoms with Gasteiger partial charge in [-0.25, -0.2) is 9.97 Å². The van der Waals surface area contributed by atoms with Crippen LogP contribution in [-0.2, 0) is 4.79 Å². The van der Waals surface area contributed by atoms with E-state index in [1.165, 1.54) is 5.56 Å². The first-order valence-corrected chi connectivity index (χ1v) is 18.2. The summed E-state index contributed by atoms with van der Waals surface area (Å²) in [6.45, 7) is 10.9. The number of anilines is 4. The Balaban J connectivity index is 0.828. The number of aromatic hydroxyl groups is 1. The van der Waals surface area contributed by atoms with Crippen LogP contribution in [0.3, 0.4) is 0 Å².